The Bertz CT molecular complexity index is 1120. The molecule has 0 N–H and O–H groups in total. The van der Waals surface area contributed by atoms with Gasteiger partial charge in [-0.1, -0.05) is 75.2 Å². The summed E-state index contributed by atoms with van der Waals surface area (Å²) in [5.74, 6) is 5.31. The van der Waals surface area contributed by atoms with Crippen LogP contribution < -0.4 is 4.74 Å². The molecule has 3 rings (SSSR count). The molecule has 0 aliphatic rings. The van der Waals surface area contributed by atoms with Crippen LogP contribution in [0.3, 0.4) is 0 Å². The number of Topliss-reactive ketones (excluding diaryl/α,β-unsaturated/α-hetero) is 1. The number of hydrogen-bond acceptors (Lipinski definition) is 3. The smallest absolute Gasteiger partial charge is 0.390 e. The van der Waals surface area contributed by atoms with Crippen molar-refractivity contribution in [2.45, 2.75) is 33.1 Å². The van der Waals surface area contributed by atoms with Crippen molar-refractivity contribution < 1.29 is 14.3 Å². The predicted octanol–water partition coefficient (Wildman–Crippen LogP) is 5.81. The number of benzene rings is 3. The van der Waals surface area contributed by atoms with Gasteiger partial charge >= 0.3 is 5.97 Å². The van der Waals surface area contributed by atoms with Gasteiger partial charge in [0.2, 0.25) is 0 Å². The van der Waals surface area contributed by atoms with Crippen LogP contribution in [0.25, 0.3) is 11.1 Å². The van der Waals surface area contributed by atoms with Gasteiger partial charge in [-0.15, -0.1) is 0 Å². The summed E-state index contributed by atoms with van der Waals surface area (Å²) in [6.07, 6.45) is 0. The Morgan fingerprint density at radius 2 is 1.50 bits per heavy atom. The molecule has 0 saturated carbocycles. The third-order valence-electron chi connectivity index (χ3n) is 4.73. The molecular formula is C27H24O3. The van der Waals surface area contributed by atoms with Crippen LogP contribution in [0.4, 0.5) is 0 Å². The van der Waals surface area contributed by atoms with Crippen molar-refractivity contribution in [1.82, 2.24) is 0 Å². The first kappa shape index (κ1) is 21.1. The van der Waals surface area contributed by atoms with Crippen LogP contribution in [-0.4, -0.2) is 11.8 Å². The first-order valence-corrected chi connectivity index (χ1v) is 9.78. The van der Waals surface area contributed by atoms with E-state index in [0.29, 0.717) is 16.9 Å². The van der Waals surface area contributed by atoms with E-state index in [-0.39, 0.29) is 11.2 Å². The lowest BCUT2D eigenvalue weighted by Crippen LogP contribution is -2.11. The lowest BCUT2D eigenvalue weighted by atomic mass is 9.87. The van der Waals surface area contributed by atoms with Crippen molar-refractivity contribution in [2.24, 2.45) is 0 Å². The summed E-state index contributed by atoms with van der Waals surface area (Å²) in [6.45, 7) is 7.94. The zero-order valence-electron chi connectivity index (χ0n) is 17.7. The molecule has 3 aromatic carbocycles. The number of ketones is 1. The number of rotatable bonds is 3. The second-order valence-corrected chi connectivity index (χ2v) is 8.13. The molecule has 0 amide bonds. The molecule has 3 aromatic rings. The summed E-state index contributed by atoms with van der Waals surface area (Å²) in [6, 6.07) is 22.5. The SMILES string of the molecule is CC(=O)c1ccc(-c2cccc(C#CC(=O)Oc3ccc(C(C)(C)C)cc3)c2)cc1. The lowest BCUT2D eigenvalue weighted by Gasteiger charge is -2.18. The average molecular weight is 396 g/mol. The van der Waals surface area contributed by atoms with E-state index in [4.69, 9.17) is 4.74 Å². The third kappa shape index (κ3) is 5.46. The molecule has 0 aromatic heterocycles. The molecule has 0 radical (unpaired) electrons. The number of carbonyl (C=O) groups is 2. The molecule has 0 fully saturated rings. The van der Waals surface area contributed by atoms with Gasteiger partial charge in [0.25, 0.3) is 0 Å². The van der Waals surface area contributed by atoms with E-state index >= 15 is 0 Å². The topological polar surface area (TPSA) is 43.4 Å². The van der Waals surface area contributed by atoms with Crippen molar-refractivity contribution in [3.8, 4) is 28.7 Å². The minimum atomic E-state index is -0.602. The summed E-state index contributed by atoms with van der Waals surface area (Å²) in [5, 5.41) is 0. The fourth-order valence-electron chi connectivity index (χ4n) is 2.95. The standard InChI is InChI=1S/C27H24O3/c1-19(28)21-9-11-22(12-10-21)23-7-5-6-20(18-23)8-17-26(29)30-25-15-13-24(14-16-25)27(2,3)4/h5-7,9-16,18H,1-4H3. The number of esters is 1. The molecule has 0 aliphatic carbocycles. The Morgan fingerprint density at radius 1 is 0.833 bits per heavy atom. The first-order valence-electron chi connectivity index (χ1n) is 9.78. The van der Waals surface area contributed by atoms with Crippen molar-refractivity contribution in [3.63, 3.8) is 0 Å². The molecule has 0 saturated heterocycles. The number of carbonyl (C=O) groups excluding carboxylic acids is 2. The zero-order valence-corrected chi connectivity index (χ0v) is 17.7. The van der Waals surface area contributed by atoms with E-state index in [0.717, 1.165) is 11.1 Å². The highest BCUT2D eigenvalue weighted by atomic mass is 16.5. The fourth-order valence-corrected chi connectivity index (χ4v) is 2.95. The van der Waals surface area contributed by atoms with Gasteiger partial charge in [0.1, 0.15) is 5.75 Å². The maximum atomic E-state index is 12.1. The van der Waals surface area contributed by atoms with Gasteiger partial charge in [-0.2, -0.15) is 0 Å². The predicted molar refractivity (Wildman–Crippen MR) is 120 cm³/mol. The van der Waals surface area contributed by atoms with E-state index in [9.17, 15) is 9.59 Å². The summed E-state index contributed by atoms with van der Waals surface area (Å²) >= 11 is 0. The summed E-state index contributed by atoms with van der Waals surface area (Å²) in [7, 11) is 0. The van der Waals surface area contributed by atoms with Gasteiger partial charge < -0.3 is 4.74 Å². The zero-order chi connectivity index (χ0) is 21.7. The van der Waals surface area contributed by atoms with Crippen LogP contribution in [0.5, 0.6) is 5.75 Å². The van der Waals surface area contributed by atoms with E-state index in [2.05, 4.69) is 32.6 Å². The summed E-state index contributed by atoms with van der Waals surface area (Å²) in [5.41, 5.74) is 4.53. The summed E-state index contributed by atoms with van der Waals surface area (Å²) < 4.78 is 5.31. The van der Waals surface area contributed by atoms with E-state index in [1.807, 2.05) is 48.5 Å². The molecule has 3 heteroatoms. The van der Waals surface area contributed by atoms with Crippen molar-refractivity contribution >= 4 is 11.8 Å². The second kappa shape index (κ2) is 8.80. The second-order valence-electron chi connectivity index (χ2n) is 8.13. The van der Waals surface area contributed by atoms with Crippen molar-refractivity contribution in [2.75, 3.05) is 0 Å². The van der Waals surface area contributed by atoms with E-state index in [1.165, 1.54) is 5.56 Å². The van der Waals surface area contributed by atoms with Crippen LogP contribution in [-0.2, 0) is 10.2 Å². The van der Waals surface area contributed by atoms with Gasteiger partial charge in [0, 0.05) is 17.0 Å². The normalized spacial score (nSPS) is 10.7. The Hall–Kier alpha value is -3.64. The molecular weight excluding hydrogens is 372 g/mol. The highest BCUT2D eigenvalue weighted by molar-refractivity contribution is 5.94. The molecule has 0 atom stereocenters. The van der Waals surface area contributed by atoms with E-state index < -0.39 is 5.97 Å². The maximum absolute atomic E-state index is 12.1. The van der Waals surface area contributed by atoms with Gasteiger partial charge in [-0.3, -0.25) is 4.79 Å². The monoisotopic (exact) mass is 396 g/mol. The maximum Gasteiger partial charge on any atom is 0.390 e. The highest BCUT2D eigenvalue weighted by Gasteiger charge is 2.13. The molecule has 0 unspecified atom stereocenters. The largest absolute Gasteiger partial charge is 0.417 e. The fraction of sp³-hybridized carbons (Fsp3) is 0.185. The molecule has 150 valence electrons. The van der Waals surface area contributed by atoms with Gasteiger partial charge in [0.15, 0.2) is 5.78 Å². The van der Waals surface area contributed by atoms with Gasteiger partial charge in [0.05, 0.1) is 0 Å². The van der Waals surface area contributed by atoms with Gasteiger partial charge in [-0.25, -0.2) is 4.79 Å². The Kier molecular flexibility index (Phi) is 6.18. The quantitative estimate of drug-likeness (QED) is 0.243. The molecule has 0 aliphatic heterocycles. The van der Waals surface area contributed by atoms with Crippen LogP contribution in [0.1, 0.15) is 49.2 Å². The van der Waals surface area contributed by atoms with Crippen LogP contribution in [0, 0.1) is 11.8 Å². The molecule has 30 heavy (non-hydrogen) atoms. The Labute approximate surface area is 177 Å². The van der Waals surface area contributed by atoms with E-state index in [1.54, 1.807) is 31.2 Å². The van der Waals surface area contributed by atoms with Crippen molar-refractivity contribution in [3.05, 3.63) is 89.5 Å². The third-order valence-corrected chi connectivity index (χ3v) is 4.73. The number of hydrogen-bond donors (Lipinski definition) is 0. The number of ether oxygens (including phenoxy) is 1. The Morgan fingerprint density at radius 3 is 2.10 bits per heavy atom. The molecule has 0 spiro atoms. The van der Waals surface area contributed by atoms with Crippen LogP contribution in [0.2, 0.25) is 0 Å². The molecule has 0 bridgehead atoms. The highest BCUT2D eigenvalue weighted by Crippen LogP contribution is 2.24. The van der Waals surface area contributed by atoms with Crippen LogP contribution in [0.15, 0.2) is 72.8 Å². The van der Waals surface area contributed by atoms with Crippen LogP contribution >= 0.6 is 0 Å². The minimum Gasteiger partial charge on any atom is -0.417 e. The molecule has 0 heterocycles. The molecule has 3 nitrogen and oxygen atoms in total. The average Bonchev–Trinajstić information content (AvgIpc) is 2.72. The summed E-state index contributed by atoms with van der Waals surface area (Å²) in [4.78, 5) is 23.5. The Balaban J connectivity index is 1.70. The first-order chi connectivity index (χ1) is 14.2. The minimum absolute atomic E-state index is 0.0349. The van der Waals surface area contributed by atoms with Gasteiger partial charge in [-0.05, 0) is 53.3 Å². The van der Waals surface area contributed by atoms with Crippen molar-refractivity contribution in [1.29, 1.82) is 0 Å². The lowest BCUT2D eigenvalue weighted by molar-refractivity contribution is -0.128.